The number of thiocarbonyl (C=S) groups is 1. The fourth-order valence-corrected chi connectivity index (χ4v) is 2.51. The zero-order valence-corrected chi connectivity index (χ0v) is 11.7. The van der Waals surface area contributed by atoms with Gasteiger partial charge in [-0.25, -0.2) is 0 Å². The Balaban J connectivity index is 1.99. The number of hydrogen-bond donors (Lipinski definition) is 2. The van der Waals surface area contributed by atoms with Crippen molar-refractivity contribution in [2.75, 3.05) is 11.1 Å². The number of para-hydroxylation sites is 2. The Kier molecular flexibility index (Phi) is 3.35. The zero-order valence-electron chi connectivity index (χ0n) is 10.8. The van der Waals surface area contributed by atoms with Gasteiger partial charge in [0.15, 0.2) is 0 Å². The van der Waals surface area contributed by atoms with Crippen LogP contribution in [0.3, 0.4) is 0 Å². The minimum Gasteiger partial charge on any atom is -0.397 e. The quantitative estimate of drug-likeness (QED) is 0.545. The van der Waals surface area contributed by atoms with Crippen molar-refractivity contribution in [3.05, 3.63) is 72.3 Å². The van der Waals surface area contributed by atoms with Crippen molar-refractivity contribution in [1.82, 2.24) is 0 Å². The minimum atomic E-state index is 0.680. The summed E-state index contributed by atoms with van der Waals surface area (Å²) in [6.07, 6.45) is 0. The van der Waals surface area contributed by atoms with E-state index in [1.807, 2.05) is 48.5 Å². The van der Waals surface area contributed by atoms with Crippen LogP contribution in [0.5, 0.6) is 0 Å². The lowest BCUT2D eigenvalue weighted by atomic mass is 10.0. The van der Waals surface area contributed by atoms with Crippen LogP contribution in [0.2, 0.25) is 0 Å². The number of fused-ring (bicyclic) bond motifs is 1. The maximum absolute atomic E-state index is 5.94. The van der Waals surface area contributed by atoms with E-state index in [-0.39, 0.29) is 0 Å². The summed E-state index contributed by atoms with van der Waals surface area (Å²) in [6.45, 7) is 0. The molecule has 0 radical (unpaired) electrons. The molecular formula is C17H14N2S. The first-order valence-corrected chi connectivity index (χ1v) is 6.80. The summed E-state index contributed by atoms with van der Waals surface area (Å²) >= 11 is 5.52. The Morgan fingerprint density at radius 2 is 1.55 bits per heavy atom. The average molecular weight is 278 g/mol. The van der Waals surface area contributed by atoms with Gasteiger partial charge in [0.1, 0.15) is 4.99 Å². The van der Waals surface area contributed by atoms with Crippen LogP contribution in [0, 0.1) is 0 Å². The maximum atomic E-state index is 5.94. The maximum Gasteiger partial charge on any atom is 0.111 e. The molecule has 0 aliphatic carbocycles. The highest BCUT2D eigenvalue weighted by Crippen LogP contribution is 2.22. The fourth-order valence-electron chi connectivity index (χ4n) is 2.22. The highest BCUT2D eigenvalue weighted by Gasteiger charge is 2.07. The van der Waals surface area contributed by atoms with Gasteiger partial charge in [-0.1, -0.05) is 66.8 Å². The predicted octanol–water partition coefficient (Wildman–Crippen LogP) is 4.21. The highest BCUT2D eigenvalue weighted by atomic mass is 32.1. The summed E-state index contributed by atoms with van der Waals surface area (Å²) in [7, 11) is 0. The van der Waals surface area contributed by atoms with E-state index in [2.05, 4.69) is 23.5 Å². The molecule has 0 amide bonds. The van der Waals surface area contributed by atoms with Crippen LogP contribution in [0.4, 0.5) is 11.4 Å². The molecule has 0 heterocycles. The number of nitrogens with two attached hydrogens (primary N) is 1. The lowest BCUT2D eigenvalue weighted by molar-refractivity contribution is 1.62. The standard InChI is InChI=1S/C17H14N2S/c18-15-10-3-4-11-16(15)19-17(20)14-9-5-7-12-6-1-2-8-13(12)14/h1-11H,18H2,(H,19,20). The molecule has 3 heteroatoms. The Bertz CT molecular complexity index is 775. The Morgan fingerprint density at radius 1 is 0.850 bits per heavy atom. The number of nitrogens with one attached hydrogen (secondary N) is 1. The van der Waals surface area contributed by atoms with Crippen LogP contribution in [0.1, 0.15) is 5.56 Å². The van der Waals surface area contributed by atoms with Gasteiger partial charge in [-0.2, -0.15) is 0 Å². The molecule has 0 aliphatic rings. The van der Waals surface area contributed by atoms with E-state index in [9.17, 15) is 0 Å². The third-order valence-corrected chi connectivity index (χ3v) is 3.57. The molecule has 20 heavy (non-hydrogen) atoms. The number of hydrogen-bond acceptors (Lipinski definition) is 2. The van der Waals surface area contributed by atoms with Gasteiger partial charge in [-0.3, -0.25) is 0 Å². The molecule has 98 valence electrons. The molecule has 3 aromatic carbocycles. The van der Waals surface area contributed by atoms with Crippen LogP contribution < -0.4 is 11.1 Å². The van der Waals surface area contributed by atoms with Crippen molar-refractivity contribution in [2.45, 2.75) is 0 Å². The number of rotatable bonds is 2. The summed E-state index contributed by atoms with van der Waals surface area (Å²) in [5.74, 6) is 0. The SMILES string of the molecule is Nc1ccccc1NC(=S)c1cccc2ccccc12. The van der Waals surface area contributed by atoms with Crippen molar-refractivity contribution in [3.63, 3.8) is 0 Å². The monoisotopic (exact) mass is 278 g/mol. The molecule has 0 fully saturated rings. The molecule has 0 unspecified atom stereocenters. The molecule has 0 spiro atoms. The lowest BCUT2D eigenvalue weighted by Gasteiger charge is -2.12. The molecule has 0 aromatic heterocycles. The van der Waals surface area contributed by atoms with Gasteiger partial charge in [0.05, 0.1) is 11.4 Å². The Labute approximate surface area is 123 Å². The number of anilines is 2. The van der Waals surface area contributed by atoms with Gasteiger partial charge in [0.2, 0.25) is 0 Å². The van der Waals surface area contributed by atoms with Crippen molar-refractivity contribution in [3.8, 4) is 0 Å². The molecule has 3 aromatic rings. The summed E-state index contributed by atoms with van der Waals surface area (Å²) < 4.78 is 0. The van der Waals surface area contributed by atoms with E-state index in [0.29, 0.717) is 10.7 Å². The van der Waals surface area contributed by atoms with Crippen LogP contribution in [-0.4, -0.2) is 4.99 Å². The van der Waals surface area contributed by atoms with Gasteiger partial charge in [0.25, 0.3) is 0 Å². The molecule has 0 aliphatic heterocycles. The normalized spacial score (nSPS) is 10.4. The second kappa shape index (κ2) is 5.31. The first kappa shape index (κ1) is 12.6. The van der Waals surface area contributed by atoms with Crippen LogP contribution in [-0.2, 0) is 0 Å². The molecule has 0 saturated carbocycles. The third kappa shape index (κ3) is 2.36. The minimum absolute atomic E-state index is 0.680. The number of benzene rings is 3. The summed E-state index contributed by atoms with van der Waals surface area (Å²) in [5.41, 5.74) is 8.48. The van der Waals surface area contributed by atoms with E-state index in [4.69, 9.17) is 18.0 Å². The first-order chi connectivity index (χ1) is 9.75. The van der Waals surface area contributed by atoms with Crippen LogP contribution >= 0.6 is 12.2 Å². The number of nitrogen functional groups attached to an aromatic ring is 1. The van der Waals surface area contributed by atoms with E-state index in [1.165, 1.54) is 5.39 Å². The van der Waals surface area contributed by atoms with Gasteiger partial charge in [-0.15, -0.1) is 0 Å². The average Bonchev–Trinajstić information content (AvgIpc) is 2.49. The fraction of sp³-hybridized carbons (Fsp3) is 0. The van der Waals surface area contributed by atoms with Crippen molar-refractivity contribution >= 4 is 39.4 Å². The molecule has 0 atom stereocenters. The third-order valence-electron chi connectivity index (χ3n) is 3.24. The van der Waals surface area contributed by atoms with Crippen LogP contribution in [0.25, 0.3) is 10.8 Å². The smallest absolute Gasteiger partial charge is 0.111 e. The van der Waals surface area contributed by atoms with Gasteiger partial charge in [0, 0.05) is 5.56 Å². The largest absolute Gasteiger partial charge is 0.397 e. The summed E-state index contributed by atoms with van der Waals surface area (Å²) in [5, 5.41) is 5.54. The van der Waals surface area contributed by atoms with E-state index in [0.717, 1.165) is 16.6 Å². The summed E-state index contributed by atoms with van der Waals surface area (Å²) in [6, 6.07) is 21.9. The van der Waals surface area contributed by atoms with Gasteiger partial charge >= 0.3 is 0 Å². The second-order valence-corrected chi connectivity index (χ2v) is 4.98. The van der Waals surface area contributed by atoms with Gasteiger partial charge < -0.3 is 11.1 Å². The van der Waals surface area contributed by atoms with Crippen molar-refractivity contribution < 1.29 is 0 Å². The predicted molar refractivity (Wildman–Crippen MR) is 90.1 cm³/mol. The molecule has 3 rings (SSSR count). The van der Waals surface area contributed by atoms with Gasteiger partial charge in [-0.05, 0) is 22.9 Å². The lowest BCUT2D eigenvalue weighted by Crippen LogP contribution is -2.12. The second-order valence-electron chi connectivity index (χ2n) is 4.57. The van der Waals surface area contributed by atoms with Crippen LogP contribution in [0.15, 0.2) is 66.7 Å². The molecular weight excluding hydrogens is 264 g/mol. The van der Waals surface area contributed by atoms with Crippen molar-refractivity contribution in [2.24, 2.45) is 0 Å². The Morgan fingerprint density at radius 3 is 2.40 bits per heavy atom. The van der Waals surface area contributed by atoms with E-state index < -0.39 is 0 Å². The topological polar surface area (TPSA) is 38.0 Å². The molecule has 0 saturated heterocycles. The first-order valence-electron chi connectivity index (χ1n) is 6.39. The Hall–Kier alpha value is -2.39. The summed E-state index contributed by atoms with van der Waals surface area (Å²) in [4.78, 5) is 0.680. The zero-order chi connectivity index (χ0) is 13.9. The molecule has 2 nitrogen and oxygen atoms in total. The van der Waals surface area contributed by atoms with E-state index in [1.54, 1.807) is 0 Å². The highest BCUT2D eigenvalue weighted by molar-refractivity contribution is 7.81. The molecule has 3 N–H and O–H groups in total. The van der Waals surface area contributed by atoms with Crippen molar-refractivity contribution in [1.29, 1.82) is 0 Å². The molecule has 0 bridgehead atoms. The van der Waals surface area contributed by atoms with E-state index >= 15 is 0 Å².